The van der Waals surface area contributed by atoms with Gasteiger partial charge in [-0.1, -0.05) is 44.0 Å². The molecule has 0 aromatic heterocycles. The predicted molar refractivity (Wildman–Crippen MR) is 78.1 cm³/mol. The molecule has 0 saturated heterocycles. The Balaban J connectivity index is 1.91. The first-order valence-corrected chi connectivity index (χ1v) is 7.68. The minimum absolute atomic E-state index is 0.163. The fourth-order valence-electron chi connectivity index (χ4n) is 2.94. The van der Waals surface area contributed by atoms with Gasteiger partial charge < -0.3 is 15.2 Å². The minimum Gasteiger partial charge on any atom is -0.550 e. The molecule has 0 heterocycles. The number of rotatable bonds is 5. The zero-order valence-corrected chi connectivity index (χ0v) is 12.4. The highest BCUT2D eigenvalue weighted by molar-refractivity contribution is 5.84. The van der Waals surface area contributed by atoms with Crippen LogP contribution in [-0.2, 0) is 22.6 Å². The van der Waals surface area contributed by atoms with Crippen molar-refractivity contribution < 1.29 is 14.7 Å². The summed E-state index contributed by atoms with van der Waals surface area (Å²) in [6, 6.07) is 8.09. The molecule has 1 N–H and O–H groups in total. The topological polar surface area (TPSA) is 69.2 Å². The summed E-state index contributed by atoms with van der Waals surface area (Å²) in [5, 5.41) is 14.0. The van der Waals surface area contributed by atoms with Crippen LogP contribution in [-0.4, -0.2) is 11.9 Å². The lowest BCUT2D eigenvalue weighted by Gasteiger charge is -2.31. The SMILES string of the molecule is CCc1ccc(CNC(=O)[C@@H]2CCCC[C@H]2C(=O)[O-])cc1. The van der Waals surface area contributed by atoms with Crippen LogP contribution in [0, 0.1) is 11.8 Å². The smallest absolute Gasteiger partial charge is 0.224 e. The van der Waals surface area contributed by atoms with Crippen molar-refractivity contribution in [3.63, 3.8) is 0 Å². The summed E-state index contributed by atoms with van der Waals surface area (Å²) in [5.41, 5.74) is 2.29. The van der Waals surface area contributed by atoms with Crippen LogP contribution in [0.5, 0.6) is 0 Å². The van der Waals surface area contributed by atoms with E-state index in [2.05, 4.69) is 12.2 Å². The summed E-state index contributed by atoms with van der Waals surface area (Å²) in [6.07, 6.45) is 3.95. The molecule has 1 aromatic carbocycles. The van der Waals surface area contributed by atoms with Crippen LogP contribution in [0.3, 0.4) is 0 Å². The van der Waals surface area contributed by atoms with Gasteiger partial charge in [-0.2, -0.15) is 0 Å². The van der Waals surface area contributed by atoms with E-state index < -0.39 is 17.8 Å². The van der Waals surface area contributed by atoms with Crippen molar-refractivity contribution in [2.24, 2.45) is 11.8 Å². The standard InChI is InChI=1S/C17H23NO3/c1-2-12-7-9-13(10-8-12)11-18-16(19)14-5-3-4-6-15(14)17(20)21/h7-10,14-15H,2-6,11H2,1H3,(H,18,19)(H,20,21)/p-1/t14-,15-/m1/s1. The summed E-state index contributed by atoms with van der Waals surface area (Å²) in [7, 11) is 0. The van der Waals surface area contributed by atoms with Crippen molar-refractivity contribution in [3.05, 3.63) is 35.4 Å². The number of carbonyl (C=O) groups is 2. The number of aliphatic carboxylic acids is 1. The van der Waals surface area contributed by atoms with Crippen molar-refractivity contribution in [3.8, 4) is 0 Å². The first-order valence-electron chi connectivity index (χ1n) is 7.68. The molecule has 1 aliphatic carbocycles. The minimum atomic E-state index is -1.10. The molecule has 1 saturated carbocycles. The number of carboxylic acid groups (broad SMARTS) is 1. The Kier molecular flexibility index (Phi) is 5.37. The van der Waals surface area contributed by atoms with Crippen molar-refractivity contribution in [1.29, 1.82) is 0 Å². The fraction of sp³-hybridized carbons (Fsp3) is 0.529. The Morgan fingerprint density at radius 2 is 1.67 bits per heavy atom. The van der Waals surface area contributed by atoms with E-state index in [0.29, 0.717) is 19.4 Å². The lowest BCUT2D eigenvalue weighted by molar-refractivity contribution is -0.314. The van der Waals surface area contributed by atoms with E-state index in [-0.39, 0.29) is 5.91 Å². The first-order chi connectivity index (χ1) is 10.1. The second-order valence-electron chi connectivity index (χ2n) is 5.70. The molecule has 1 fully saturated rings. The molecule has 2 rings (SSSR count). The van der Waals surface area contributed by atoms with Gasteiger partial charge in [-0.05, 0) is 30.4 Å². The maximum Gasteiger partial charge on any atom is 0.224 e. The van der Waals surface area contributed by atoms with Gasteiger partial charge in [0.05, 0.1) is 0 Å². The molecule has 0 spiro atoms. The molecule has 1 amide bonds. The second kappa shape index (κ2) is 7.25. The third-order valence-electron chi connectivity index (χ3n) is 4.30. The number of carbonyl (C=O) groups excluding carboxylic acids is 2. The molecule has 0 bridgehead atoms. The Morgan fingerprint density at radius 3 is 2.24 bits per heavy atom. The Bertz CT molecular complexity index is 495. The summed E-state index contributed by atoms with van der Waals surface area (Å²) in [5.74, 6) is -2.34. The molecule has 0 aliphatic heterocycles. The predicted octanol–water partition coefficient (Wildman–Crippen LogP) is 1.42. The molecule has 4 nitrogen and oxygen atoms in total. The van der Waals surface area contributed by atoms with Gasteiger partial charge in [-0.3, -0.25) is 4.79 Å². The van der Waals surface area contributed by atoms with Crippen LogP contribution in [0.15, 0.2) is 24.3 Å². The lowest BCUT2D eigenvalue weighted by atomic mass is 9.78. The summed E-state index contributed by atoms with van der Waals surface area (Å²) in [4.78, 5) is 23.3. The molecule has 4 heteroatoms. The van der Waals surface area contributed by atoms with E-state index in [4.69, 9.17) is 0 Å². The van der Waals surface area contributed by atoms with E-state index in [1.807, 2.05) is 24.3 Å². The van der Waals surface area contributed by atoms with Gasteiger partial charge >= 0.3 is 0 Å². The van der Waals surface area contributed by atoms with Crippen molar-refractivity contribution >= 4 is 11.9 Å². The van der Waals surface area contributed by atoms with Crippen LogP contribution in [0.25, 0.3) is 0 Å². The van der Waals surface area contributed by atoms with Crippen molar-refractivity contribution in [2.75, 3.05) is 0 Å². The molecule has 1 aliphatic rings. The normalized spacial score (nSPS) is 21.8. The third-order valence-corrected chi connectivity index (χ3v) is 4.30. The highest BCUT2D eigenvalue weighted by Crippen LogP contribution is 2.29. The number of nitrogens with one attached hydrogen (secondary N) is 1. The molecule has 114 valence electrons. The number of hydrogen-bond donors (Lipinski definition) is 1. The highest BCUT2D eigenvalue weighted by atomic mass is 16.4. The van der Waals surface area contributed by atoms with E-state index >= 15 is 0 Å². The van der Waals surface area contributed by atoms with Crippen molar-refractivity contribution in [1.82, 2.24) is 5.32 Å². The molecule has 0 unspecified atom stereocenters. The van der Waals surface area contributed by atoms with E-state index in [1.165, 1.54) is 5.56 Å². The molecule has 2 atom stereocenters. The van der Waals surface area contributed by atoms with Gasteiger partial charge in [0.2, 0.25) is 5.91 Å². The van der Waals surface area contributed by atoms with E-state index in [0.717, 1.165) is 24.8 Å². The van der Waals surface area contributed by atoms with Gasteiger partial charge in [0.15, 0.2) is 0 Å². The summed E-state index contributed by atoms with van der Waals surface area (Å²) < 4.78 is 0. The maximum atomic E-state index is 12.2. The number of carboxylic acids is 1. The van der Waals surface area contributed by atoms with Gasteiger partial charge in [0.25, 0.3) is 0 Å². The van der Waals surface area contributed by atoms with Crippen LogP contribution < -0.4 is 10.4 Å². The number of benzene rings is 1. The van der Waals surface area contributed by atoms with E-state index in [1.54, 1.807) is 0 Å². The van der Waals surface area contributed by atoms with Gasteiger partial charge in [-0.25, -0.2) is 0 Å². The molecule has 21 heavy (non-hydrogen) atoms. The summed E-state index contributed by atoms with van der Waals surface area (Å²) in [6.45, 7) is 2.54. The summed E-state index contributed by atoms with van der Waals surface area (Å²) >= 11 is 0. The quantitative estimate of drug-likeness (QED) is 0.891. The van der Waals surface area contributed by atoms with E-state index in [9.17, 15) is 14.7 Å². The maximum absolute atomic E-state index is 12.2. The number of hydrogen-bond acceptors (Lipinski definition) is 3. The van der Waals surface area contributed by atoms with Crippen LogP contribution in [0.4, 0.5) is 0 Å². The number of amides is 1. The highest BCUT2D eigenvalue weighted by Gasteiger charge is 2.31. The zero-order chi connectivity index (χ0) is 15.2. The first kappa shape index (κ1) is 15.5. The van der Waals surface area contributed by atoms with Gasteiger partial charge in [0, 0.05) is 24.3 Å². The molecule has 0 radical (unpaired) electrons. The Labute approximate surface area is 125 Å². The zero-order valence-electron chi connectivity index (χ0n) is 12.4. The average molecular weight is 288 g/mol. The monoisotopic (exact) mass is 288 g/mol. The Morgan fingerprint density at radius 1 is 1.10 bits per heavy atom. The molecular formula is C17H22NO3-. The van der Waals surface area contributed by atoms with Gasteiger partial charge in [-0.15, -0.1) is 0 Å². The van der Waals surface area contributed by atoms with Crippen molar-refractivity contribution in [2.45, 2.75) is 45.6 Å². The van der Waals surface area contributed by atoms with Gasteiger partial charge in [0.1, 0.15) is 0 Å². The lowest BCUT2D eigenvalue weighted by Crippen LogP contribution is -2.44. The fourth-order valence-corrected chi connectivity index (χ4v) is 2.94. The average Bonchev–Trinajstić information content (AvgIpc) is 2.53. The van der Waals surface area contributed by atoms with Crippen LogP contribution in [0.1, 0.15) is 43.7 Å². The third kappa shape index (κ3) is 4.06. The molecular weight excluding hydrogens is 266 g/mol. The Hall–Kier alpha value is -1.84. The van der Waals surface area contributed by atoms with Crippen LogP contribution >= 0.6 is 0 Å². The second-order valence-corrected chi connectivity index (χ2v) is 5.70. The van der Waals surface area contributed by atoms with Crippen LogP contribution in [0.2, 0.25) is 0 Å². The molecule has 1 aromatic rings. The number of aryl methyl sites for hydroxylation is 1. The largest absolute Gasteiger partial charge is 0.550 e.